The molecule has 6 nitrogen and oxygen atoms in total. The van der Waals surface area contributed by atoms with Crippen LogP contribution >= 0.6 is 11.6 Å². The molecule has 0 spiro atoms. The molecule has 0 unspecified atom stereocenters. The van der Waals surface area contributed by atoms with E-state index in [-0.39, 0.29) is 49.2 Å². The first-order valence-electron chi connectivity index (χ1n) is 8.07. The third-order valence-electron chi connectivity index (χ3n) is 4.08. The normalized spacial score (nSPS) is 12.0. The molecule has 0 aliphatic carbocycles. The van der Waals surface area contributed by atoms with Gasteiger partial charge in [-0.3, -0.25) is 10.1 Å². The van der Waals surface area contributed by atoms with Crippen molar-refractivity contribution in [2.24, 2.45) is 0 Å². The van der Waals surface area contributed by atoms with Crippen LogP contribution in [0.1, 0.15) is 26.3 Å². The standard InChI is InChI=1S/C18H19ClN3O3.CH3.U/c1-4-12-7-13(22(23)24)8-15(19)18(12)25-14-5-6-16-17(9-14)21(10-20-16)11(2)3;;/h5-11,20H,4H2,1-3H3;1H3;/q2*-1;+2. The molecule has 0 radical (unpaired) electrons. The van der Waals surface area contributed by atoms with Gasteiger partial charge in [0.25, 0.3) is 5.69 Å². The monoisotopic (exact) mass is 613 g/mol. The Labute approximate surface area is 188 Å². The average molecular weight is 614 g/mol. The molecular formula is C19H22ClN3O3U. The topological polar surface area (TPSA) is 67.6 Å². The van der Waals surface area contributed by atoms with Crippen molar-refractivity contribution in [1.82, 2.24) is 0 Å². The Hall–Kier alpha value is -1.42. The maximum Gasteiger partial charge on any atom is 2.00 e. The zero-order valence-corrected chi connectivity index (χ0v) is 20.7. The summed E-state index contributed by atoms with van der Waals surface area (Å²) in [6.07, 6.45) is 0.578. The molecule has 27 heavy (non-hydrogen) atoms. The van der Waals surface area contributed by atoms with Crippen molar-refractivity contribution in [2.45, 2.75) is 33.2 Å². The van der Waals surface area contributed by atoms with Crippen LogP contribution in [0.4, 0.5) is 17.1 Å². The molecule has 0 fully saturated rings. The Morgan fingerprint density at radius 3 is 2.63 bits per heavy atom. The number of non-ortho nitro benzene ring substituents is 1. The number of halogens is 1. The summed E-state index contributed by atoms with van der Waals surface area (Å²) in [5.74, 6) is 1.09. The molecule has 2 aromatic rings. The van der Waals surface area contributed by atoms with Crippen molar-refractivity contribution >= 4 is 28.7 Å². The maximum absolute atomic E-state index is 11.0. The minimum Gasteiger partial charge on any atom is -0.515 e. The third kappa shape index (κ3) is 4.90. The Balaban J connectivity index is 0.00000182. The number of nitro benzene ring substituents is 1. The Bertz CT molecular complexity index is 830. The van der Waals surface area contributed by atoms with Gasteiger partial charge in [-0.2, -0.15) is 6.67 Å². The number of hydrogen-bond acceptors (Lipinski definition) is 5. The van der Waals surface area contributed by atoms with E-state index in [9.17, 15) is 10.1 Å². The average Bonchev–Trinajstić information content (AvgIpc) is 2.99. The molecule has 0 saturated carbocycles. The second-order valence-electron chi connectivity index (χ2n) is 6.08. The molecule has 0 amide bonds. The number of benzene rings is 2. The third-order valence-corrected chi connectivity index (χ3v) is 4.36. The molecule has 142 valence electrons. The van der Waals surface area contributed by atoms with E-state index < -0.39 is 4.92 Å². The molecule has 2 aromatic carbocycles. The number of hydrogen-bond donors (Lipinski definition) is 1. The number of anilines is 2. The summed E-state index contributed by atoms with van der Waals surface area (Å²) in [7, 11) is 0. The second kappa shape index (κ2) is 9.68. The van der Waals surface area contributed by atoms with Crippen LogP contribution in [0, 0.1) is 55.3 Å². The van der Waals surface area contributed by atoms with Crippen molar-refractivity contribution in [2.75, 3.05) is 10.2 Å². The number of nitrogens with one attached hydrogen (secondary N) is 1. The Morgan fingerprint density at radius 1 is 1.33 bits per heavy atom. The Morgan fingerprint density at radius 2 is 2.04 bits per heavy atom. The van der Waals surface area contributed by atoms with Gasteiger partial charge in [-0.05, 0) is 38.4 Å². The van der Waals surface area contributed by atoms with Gasteiger partial charge in [-0.1, -0.05) is 18.5 Å². The fourth-order valence-electron chi connectivity index (χ4n) is 2.78. The molecule has 0 saturated heterocycles. The van der Waals surface area contributed by atoms with Gasteiger partial charge in [-0.25, -0.2) is 0 Å². The predicted octanol–water partition coefficient (Wildman–Crippen LogP) is 5.81. The van der Waals surface area contributed by atoms with E-state index in [1.165, 1.54) is 12.1 Å². The minimum absolute atomic E-state index is 0. The van der Waals surface area contributed by atoms with Crippen molar-refractivity contribution < 1.29 is 40.8 Å². The van der Waals surface area contributed by atoms with Gasteiger partial charge in [0, 0.05) is 35.1 Å². The quantitative estimate of drug-likeness (QED) is 0.262. The summed E-state index contributed by atoms with van der Waals surface area (Å²) >= 11 is 6.25. The number of fused-ring (bicyclic) bond motifs is 1. The molecule has 0 bridgehead atoms. The molecule has 1 aliphatic rings. The first-order valence-corrected chi connectivity index (χ1v) is 8.45. The predicted molar refractivity (Wildman–Crippen MR) is 106 cm³/mol. The summed E-state index contributed by atoms with van der Waals surface area (Å²) in [5.41, 5.74) is 2.69. The van der Waals surface area contributed by atoms with E-state index in [0.717, 1.165) is 11.4 Å². The van der Waals surface area contributed by atoms with E-state index in [1.54, 1.807) is 0 Å². The number of nitrogens with zero attached hydrogens (tertiary/aromatic N) is 2. The minimum atomic E-state index is -0.452. The summed E-state index contributed by atoms with van der Waals surface area (Å²) in [5, 5.41) is 14.5. The van der Waals surface area contributed by atoms with Crippen molar-refractivity contribution in [3.8, 4) is 11.5 Å². The fraction of sp³-hybridized carbons (Fsp3) is 0.263. The first-order chi connectivity index (χ1) is 11.9. The summed E-state index contributed by atoms with van der Waals surface area (Å²) < 4.78 is 6.00. The summed E-state index contributed by atoms with van der Waals surface area (Å²) in [6.45, 7) is 8.03. The first kappa shape index (κ1) is 23.6. The molecular weight excluding hydrogens is 592 g/mol. The molecule has 0 atom stereocenters. The van der Waals surface area contributed by atoms with E-state index in [1.807, 2.05) is 31.8 Å². The fourth-order valence-corrected chi connectivity index (χ4v) is 3.05. The van der Waals surface area contributed by atoms with Gasteiger partial charge in [0.2, 0.25) is 0 Å². The second-order valence-corrected chi connectivity index (χ2v) is 6.49. The van der Waals surface area contributed by atoms with Gasteiger partial charge in [0.1, 0.15) is 11.5 Å². The molecule has 0 aromatic heterocycles. The van der Waals surface area contributed by atoms with Crippen LogP contribution in [0.3, 0.4) is 0 Å². The zero-order chi connectivity index (χ0) is 18.1. The maximum atomic E-state index is 11.0. The van der Waals surface area contributed by atoms with Crippen LogP contribution < -0.4 is 15.0 Å². The van der Waals surface area contributed by atoms with E-state index in [2.05, 4.69) is 24.1 Å². The summed E-state index contributed by atoms with van der Waals surface area (Å²) in [4.78, 5) is 12.7. The van der Waals surface area contributed by atoms with Gasteiger partial charge < -0.3 is 22.4 Å². The van der Waals surface area contributed by atoms with Gasteiger partial charge >= 0.3 is 31.1 Å². The van der Waals surface area contributed by atoms with Gasteiger partial charge in [0.05, 0.1) is 9.95 Å². The largest absolute Gasteiger partial charge is 2.00 e. The van der Waals surface area contributed by atoms with E-state index >= 15 is 0 Å². The smallest absolute Gasteiger partial charge is 0.515 e. The zero-order valence-electron chi connectivity index (χ0n) is 15.7. The molecule has 8 heteroatoms. The SMILES string of the molecule is CCc1cc([N+](=O)[O-])cc(Cl)c1Oc1ccc2c(c1)N(C(C)C)[CH-]N2.[CH3-].[U+2]. The van der Waals surface area contributed by atoms with Crippen LogP contribution in [0.25, 0.3) is 0 Å². The number of aryl methyl sites for hydroxylation is 1. The van der Waals surface area contributed by atoms with Crippen molar-refractivity contribution in [3.05, 3.63) is 65.1 Å². The number of rotatable bonds is 5. The van der Waals surface area contributed by atoms with Crippen LogP contribution in [0.5, 0.6) is 11.5 Å². The van der Waals surface area contributed by atoms with Crippen LogP contribution in [0.2, 0.25) is 5.02 Å². The van der Waals surface area contributed by atoms with Gasteiger partial charge in [0.15, 0.2) is 0 Å². The van der Waals surface area contributed by atoms with Crippen LogP contribution in [-0.2, 0) is 6.42 Å². The molecule has 1 N–H and O–H groups in total. The molecule has 1 aliphatic heterocycles. The van der Waals surface area contributed by atoms with Gasteiger partial charge in [-0.15, -0.1) is 0 Å². The number of nitro groups is 1. The van der Waals surface area contributed by atoms with Crippen molar-refractivity contribution in [3.63, 3.8) is 0 Å². The van der Waals surface area contributed by atoms with E-state index in [0.29, 0.717) is 29.5 Å². The Kier molecular flexibility index (Phi) is 8.47. The van der Waals surface area contributed by atoms with Crippen LogP contribution in [0.15, 0.2) is 30.3 Å². The van der Waals surface area contributed by atoms with Crippen LogP contribution in [-0.4, -0.2) is 11.0 Å². The summed E-state index contributed by atoms with van der Waals surface area (Å²) in [6, 6.07) is 8.85. The number of ether oxygens (including phenoxy) is 1. The van der Waals surface area contributed by atoms with E-state index in [4.69, 9.17) is 16.3 Å². The van der Waals surface area contributed by atoms with Crippen molar-refractivity contribution in [1.29, 1.82) is 0 Å². The molecule has 3 rings (SSSR count). The molecule has 1 heterocycles.